The fourth-order valence-corrected chi connectivity index (χ4v) is 1.75. The molecule has 128 valence electrons. The average molecular weight is 346 g/mol. The van der Waals surface area contributed by atoms with Crippen molar-refractivity contribution in [1.29, 1.82) is 0 Å². The molecule has 0 aliphatic carbocycles. The van der Waals surface area contributed by atoms with Crippen LogP contribution in [0, 0.1) is 0 Å². The second kappa shape index (κ2) is 11.7. The minimum Gasteiger partial charge on any atom is -0.490 e. The van der Waals surface area contributed by atoms with Crippen molar-refractivity contribution in [3.05, 3.63) is 29.8 Å². The normalized spacial score (nSPS) is 11.3. The Balaban J connectivity index is 2.11. The van der Waals surface area contributed by atoms with Gasteiger partial charge in [0.1, 0.15) is 19.0 Å². The molecule has 1 aromatic carbocycles. The van der Waals surface area contributed by atoms with Gasteiger partial charge < -0.3 is 24.2 Å². The third-order valence-electron chi connectivity index (χ3n) is 2.59. The number of hydrogen-bond donors (Lipinski definition) is 1. The van der Waals surface area contributed by atoms with E-state index in [1.165, 1.54) is 6.92 Å². The Bertz CT molecular complexity index is 508. The molecule has 1 N–H and O–H groups in total. The van der Waals surface area contributed by atoms with Crippen LogP contribution in [-0.4, -0.2) is 56.0 Å². The van der Waals surface area contributed by atoms with Crippen LogP contribution in [-0.2, 0) is 19.0 Å². The summed E-state index contributed by atoms with van der Waals surface area (Å²) >= 11 is 5.78. The van der Waals surface area contributed by atoms with Crippen molar-refractivity contribution >= 4 is 22.7 Å². The number of oxime groups is 1. The Morgan fingerprint density at radius 3 is 2.35 bits per heavy atom. The first-order valence-corrected chi connectivity index (χ1v) is 7.41. The largest absolute Gasteiger partial charge is 0.490 e. The maximum Gasteiger partial charge on any atom is 0.302 e. The first-order valence-electron chi connectivity index (χ1n) is 7.03. The molecule has 0 fully saturated rings. The summed E-state index contributed by atoms with van der Waals surface area (Å²) in [6.07, 6.45) is 0. The second-order valence-electron chi connectivity index (χ2n) is 4.30. The molecular formula is C15H20ClNO6. The van der Waals surface area contributed by atoms with E-state index in [-0.39, 0.29) is 17.7 Å². The lowest BCUT2D eigenvalue weighted by Gasteiger charge is -2.10. The number of halogens is 1. The highest BCUT2D eigenvalue weighted by molar-refractivity contribution is 6.69. The fourth-order valence-electron chi connectivity index (χ4n) is 1.59. The van der Waals surface area contributed by atoms with Crippen LogP contribution in [0.15, 0.2) is 29.4 Å². The molecule has 0 unspecified atom stereocenters. The van der Waals surface area contributed by atoms with Crippen LogP contribution in [0.5, 0.6) is 5.75 Å². The molecule has 0 aromatic heterocycles. The Morgan fingerprint density at radius 1 is 1.09 bits per heavy atom. The van der Waals surface area contributed by atoms with E-state index in [1.807, 2.05) is 0 Å². The molecule has 0 atom stereocenters. The topological polar surface area (TPSA) is 86.6 Å². The molecule has 0 bridgehead atoms. The highest BCUT2D eigenvalue weighted by Crippen LogP contribution is 2.20. The number of carbonyl (C=O) groups excluding carboxylic acids is 1. The molecule has 0 saturated heterocycles. The molecule has 0 amide bonds. The van der Waals surface area contributed by atoms with Gasteiger partial charge in [-0.25, -0.2) is 0 Å². The van der Waals surface area contributed by atoms with E-state index >= 15 is 0 Å². The van der Waals surface area contributed by atoms with Gasteiger partial charge in [-0.2, -0.15) is 0 Å². The molecular weight excluding hydrogens is 326 g/mol. The van der Waals surface area contributed by atoms with Gasteiger partial charge >= 0.3 is 5.97 Å². The van der Waals surface area contributed by atoms with E-state index < -0.39 is 0 Å². The molecule has 0 aliphatic rings. The minimum absolute atomic E-state index is 0.0392. The SMILES string of the molecule is CC(=O)OCCOCCOCCOc1ccccc1/C(Cl)=N/O. The molecule has 0 aliphatic heterocycles. The van der Waals surface area contributed by atoms with Crippen LogP contribution < -0.4 is 4.74 Å². The highest BCUT2D eigenvalue weighted by atomic mass is 35.5. The van der Waals surface area contributed by atoms with Crippen molar-refractivity contribution in [2.45, 2.75) is 6.92 Å². The lowest BCUT2D eigenvalue weighted by Crippen LogP contribution is -2.14. The predicted octanol–water partition coefficient (Wildman–Crippen LogP) is 2.04. The molecule has 1 rings (SSSR count). The quantitative estimate of drug-likeness (QED) is 0.217. The highest BCUT2D eigenvalue weighted by Gasteiger charge is 2.08. The number of rotatable bonds is 11. The molecule has 1 aromatic rings. The average Bonchev–Trinajstić information content (AvgIpc) is 2.56. The van der Waals surface area contributed by atoms with Crippen molar-refractivity contribution in [2.75, 3.05) is 39.6 Å². The summed E-state index contributed by atoms with van der Waals surface area (Å²) in [5.74, 6) is 0.185. The monoisotopic (exact) mass is 345 g/mol. The summed E-state index contributed by atoms with van der Waals surface area (Å²) in [6, 6.07) is 6.97. The van der Waals surface area contributed by atoms with Gasteiger partial charge in [0.15, 0.2) is 5.17 Å². The molecule has 7 nitrogen and oxygen atoms in total. The van der Waals surface area contributed by atoms with Crippen LogP contribution in [0.25, 0.3) is 0 Å². The summed E-state index contributed by atoms with van der Waals surface area (Å²) in [7, 11) is 0. The van der Waals surface area contributed by atoms with Crippen molar-refractivity contribution in [1.82, 2.24) is 0 Å². The smallest absolute Gasteiger partial charge is 0.302 e. The van der Waals surface area contributed by atoms with Gasteiger partial charge in [-0.05, 0) is 12.1 Å². The fraction of sp³-hybridized carbons (Fsp3) is 0.467. The molecule has 8 heteroatoms. The molecule has 0 radical (unpaired) electrons. The van der Waals surface area contributed by atoms with Crippen LogP contribution in [0.4, 0.5) is 0 Å². The third-order valence-corrected chi connectivity index (χ3v) is 2.87. The zero-order valence-corrected chi connectivity index (χ0v) is 13.6. The molecule has 0 saturated carbocycles. The number of carbonyl (C=O) groups is 1. The Hall–Kier alpha value is -1.83. The van der Waals surface area contributed by atoms with E-state index in [4.69, 9.17) is 35.8 Å². The van der Waals surface area contributed by atoms with E-state index in [0.717, 1.165) is 0 Å². The van der Waals surface area contributed by atoms with Gasteiger partial charge in [0.05, 0.1) is 32.0 Å². The zero-order valence-electron chi connectivity index (χ0n) is 12.9. The van der Waals surface area contributed by atoms with Gasteiger partial charge in [0.2, 0.25) is 0 Å². The maximum atomic E-state index is 10.5. The summed E-state index contributed by atoms with van der Waals surface area (Å²) in [5, 5.41) is 11.6. The summed E-state index contributed by atoms with van der Waals surface area (Å²) in [5.41, 5.74) is 0.505. The third kappa shape index (κ3) is 8.39. The molecule has 0 spiro atoms. The van der Waals surface area contributed by atoms with Gasteiger partial charge in [-0.1, -0.05) is 28.9 Å². The number of esters is 1. The summed E-state index contributed by atoms with van der Waals surface area (Å²) < 4.78 is 20.8. The minimum atomic E-state index is -0.325. The Labute approximate surface area is 139 Å². The van der Waals surface area contributed by atoms with Crippen molar-refractivity contribution in [2.24, 2.45) is 5.16 Å². The van der Waals surface area contributed by atoms with Gasteiger partial charge in [-0.15, -0.1) is 0 Å². The van der Waals surface area contributed by atoms with Crippen LogP contribution in [0.3, 0.4) is 0 Å². The van der Waals surface area contributed by atoms with Crippen LogP contribution >= 0.6 is 11.6 Å². The lowest BCUT2D eigenvalue weighted by atomic mass is 10.2. The predicted molar refractivity (Wildman–Crippen MR) is 84.4 cm³/mol. The molecule has 23 heavy (non-hydrogen) atoms. The Kier molecular flexibility index (Phi) is 9.78. The number of benzene rings is 1. The van der Waals surface area contributed by atoms with E-state index in [2.05, 4.69) is 5.16 Å². The number of para-hydroxylation sites is 1. The van der Waals surface area contributed by atoms with E-state index in [0.29, 0.717) is 44.3 Å². The zero-order chi connectivity index (χ0) is 16.9. The van der Waals surface area contributed by atoms with Gasteiger partial charge in [0.25, 0.3) is 0 Å². The maximum absolute atomic E-state index is 10.5. The first-order chi connectivity index (χ1) is 11.1. The van der Waals surface area contributed by atoms with Crippen molar-refractivity contribution in [3.8, 4) is 5.75 Å². The van der Waals surface area contributed by atoms with Crippen molar-refractivity contribution < 1.29 is 28.9 Å². The first kappa shape index (κ1) is 19.2. The van der Waals surface area contributed by atoms with E-state index in [1.54, 1.807) is 24.3 Å². The Morgan fingerprint density at radius 2 is 1.70 bits per heavy atom. The standard InChI is InChI=1S/C15H20ClNO6/c1-12(18)22-10-8-20-6-7-21-9-11-23-14-5-3-2-4-13(14)15(16)17-19/h2-5,19H,6-11H2,1H3/b17-15-. The number of nitrogens with zero attached hydrogens (tertiary/aromatic N) is 1. The summed E-state index contributed by atoms with van der Waals surface area (Å²) in [4.78, 5) is 10.5. The van der Waals surface area contributed by atoms with Crippen molar-refractivity contribution in [3.63, 3.8) is 0 Å². The lowest BCUT2D eigenvalue weighted by molar-refractivity contribution is -0.142. The number of ether oxygens (including phenoxy) is 4. The molecule has 0 heterocycles. The number of hydrogen-bond acceptors (Lipinski definition) is 7. The van der Waals surface area contributed by atoms with Gasteiger partial charge in [0, 0.05) is 6.92 Å². The van der Waals surface area contributed by atoms with E-state index in [9.17, 15) is 4.79 Å². The van der Waals surface area contributed by atoms with Crippen LogP contribution in [0.2, 0.25) is 0 Å². The second-order valence-corrected chi connectivity index (χ2v) is 4.66. The summed E-state index contributed by atoms with van der Waals surface area (Å²) in [6.45, 7) is 3.43. The van der Waals surface area contributed by atoms with Crippen LogP contribution in [0.1, 0.15) is 12.5 Å². The van der Waals surface area contributed by atoms with Gasteiger partial charge in [-0.3, -0.25) is 4.79 Å².